The molecule has 0 aliphatic carbocycles. The Balaban J connectivity index is 1.96. The molecule has 0 fully saturated rings. The highest BCUT2D eigenvalue weighted by atomic mass is 79.9. The number of benzene rings is 1. The van der Waals surface area contributed by atoms with E-state index >= 15 is 0 Å². The van der Waals surface area contributed by atoms with Crippen molar-refractivity contribution in [2.24, 2.45) is 0 Å². The fourth-order valence-corrected chi connectivity index (χ4v) is 2.98. The van der Waals surface area contributed by atoms with Gasteiger partial charge in [-0.3, -0.25) is 4.79 Å². The number of anilines is 1. The van der Waals surface area contributed by atoms with Crippen LogP contribution < -0.4 is 4.90 Å². The van der Waals surface area contributed by atoms with Crippen LogP contribution in [-0.2, 0) is 11.2 Å². The number of furan rings is 1. The molecule has 1 aliphatic rings. The van der Waals surface area contributed by atoms with Crippen LogP contribution in [0.2, 0.25) is 0 Å². The van der Waals surface area contributed by atoms with E-state index in [1.54, 1.807) is 11.2 Å². The third kappa shape index (κ3) is 2.21. The van der Waals surface area contributed by atoms with Crippen LogP contribution in [0, 0.1) is 0 Å². The highest BCUT2D eigenvalue weighted by Crippen LogP contribution is 2.35. The fraction of sp³-hybridized carbons (Fsp3) is 0.267. The van der Waals surface area contributed by atoms with Gasteiger partial charge >= 0.3 is 0 Å². The van der Waals surface area contributed by atoms with E-state index in [2.05, 4.69) is 22.0 Å². The topological polar surface area (TPSA) is 33.5 Å². The van der Waals surface area contributed by atoms with Crippen molar-refractivity contribution in [3.63, 3.8) is 0 Å². The number of amides is 1. The molecule has 19 heavy (non-hydrogen) atoms. The molecule has 4 heteroatoms. The second-order valence-corrected chi connectivity index (χ2v) is 5.63. The molecule has 1 aliphatic heterocycles. The lowest BCUT2D eigenvalue weighted by Gasteiger charge is -2.26. The van der Waals surface area contributed by atoms with E-state index in [1.807, 2.05) is 31.3 Å². The Labute approximate surface area is 120 Å². The first-order valence-electron chi connectivity index (χ1n) is 6.23. The number of aryl methyl sites for hydroxylation is 1. The smallest absolute Gasteiger partial charge is 0.227 e. The van der Waals surface area contributed by atoms with Gasteiger partial charge in [-0.15, -0.1) is 0 Å². The lowest BCUT2D eigenvalue weighted by atomic mass is 9.97. The van der Waals surface area contributed by atoms with E-state index in [1.165, 1.54) is 5.56 Å². The molecule has 2 heterocycles. The molecule has 0 spiro atoms. The third-order valence-corrected chi connectivity index (χ3v) is 4.51. The fourth-order valence-electron chi connectivity index (χ4n) is 2.43. The molecule has 3 nitrogen and oxygen atoms in total. The predicted molar refractivity (Wildman–Crippen MR) is 77.7 cm³/mol. The van der Waals surface area contributed by atoms with Crippen molar-refractivity contribution >= 4 is 27.5 Å². The molecular formula is C15H14BrNO2. The van der Waals surface area contributed by atoms with E-state index in [0.717, 1.165) is 23.4 Å². The van der Waals surface area contributed by atoms with Gasteiger partial charge in [0.2, 0.25) is 5.91 Å². The Bertz CT molecular complexity index is 607. The van der Waals surface area contributed by atoms with Crippen molar-refractivity contribution in [1.82, 2.24) is 0 Å². The van der Waals surface area contributed by atoms with Crippen molar-refractivity contribution in [3.8, 4) is 0 Å². The minimum atomic E-state index is 0.0516. The Hall–Kier alpha value is -1.55. The number of halogens is 1. The second kappa shape index (κ2) is 4.85. The minimum absolute atomic E-state index is 0.0516. The van der Waals surface area contributed by atoms with Crippen LogP contribution in [0.15, 0.2) is 41.0 Å². The highest BCUT2D eigenvalue weighted by molar-refractivity contribution is 9.09. The molecular weight excluding hydrogens is 306 g/mol. The number of alkyl halides is 1. The van der Waals surface area contributed by atoms with Gasteiger partial charge in [-0.05, 0) is 35.7 Å². The number of hydrogen-bond donors (Lipinski definition) is 0. The molecule has 1 aromatic carbocycles. The number of fused-ring (bicyclic) bond motifs is 1. The zero-order valence-corrected chi connectivity index (χ0v) is 12.2. The van der Waals surface area contributed by atoms with Crippen molar-refractivity contribution < 1.29 is 9.21 Å². The summed E-state index contributed by atoms with van der Waals surface area (Å²) in [6.45, 7) is 0. The maximum atomic E-state index is 11.7. The lowest BCUT2D eigenvalue weighted by Crippen LogP contribution is -2.31. The minimum Gasteiger partial charge on any atom is -0.468 e. The molecule has 1 aromatic heterocycles. The Morgan fingerprint density at radius 3 is 2.89 bits per heavy atom. The van der Waals surface area contributed by atoms with Crippen LogP contribution in [0.5, 0.6) is 0 Å². The molecule has 1 amide bonds. The van der Waals surface area contributed by atoms with Crippen LogP contribution in [0.25, 0.3) is 0 Å². The average Bonchev–Trinajstić information content (AvgIpc) is 2.96. The van der Waals surface area contributed by atoms with Gasteiger partial charge in [0, 0.05) is 19.2 Å². The van der Waals surface area contributed by atoms with Crippen molar-refractivity contribution in [1.29, 1.82) is 0 Å². The summed E-state index contributed by atoms with van der Waals surface area (Å²) in [5.74, 6) is 1.07. The molecule has 0 bridgehead atoms. The number of nitrogens with zero attached hydrogens (tertiary/aromatic N) is 1. The van der Waals surface area contributed by atoms with E-state index in [-0.39, 0.29) is 10.7 Å². The van der Waals surface area contributed by atoms with Gasteiger partial charge in [0.25, 0.3) is 0 Å². The van der Waals surface area contributed by atoms with Crippen molar-refractivity contribution in [2.45, 2.75) is 17.7 Å². The van der Waals surface area contributed by atoms with Crippen LogP contribution in [0.4, 0.5) is 5.69 Å². The molecule has 0 saturated carbocycles. The van der Waals surface area contributed by atoms with Gasteiger partial charge in [0.05, 0.1) is 11.1 Å². The standard InChI is InChI=1S/C15H14BrNO2/c1-17-12-6-4-11(9-10(12)5-7-14(17)18)15(16)13-3-2-8-19-13/h2-4,6,8-9,15H,5,7H2,1H3. The lowest BCUT2D eigenvalue weighted by molar-refractivity contribution is -0.118. The first kappa shape index (κ1) is 12.5. The first-order valence-corrected chi connectivity index (χ1v) is 7.15. The summed E-state index contributed by atoms with van der Waals surface area (Å²) in [5.41, 5.74) is 3.38. The van der Waals surface area contributed by atoms with Gasteiger partial charge in [-0.1, -0.05) is 28.1 Å². The zero-order chi connectivity index (χ0) is 13.4. The maximum Gasteiger partial charge on any atom is 0.227 e. The third-order valence-electron chi connectivity index (χ3n) is 3.53. The number of rotatable bonds is 2. The molecule has 0 N–H and O–H groups in total. The van der Waals surface area contributed by atoms with Gasteiger partial charge in [0.1, 0.15) is 5.76 Å². The van der Waals surface area contributed by atoms with E-state index in [0.29, 0.717) is 6.42 Å². The summed E-state index contributed by atoms with van der Waals surface area (Å²) in [6.07, 6.45) is 3.07. The predicted octanol–water partition coefficient (Wildman–Crippen LogP) is 3.67. The summed E-state index contributed by atoms with van der Waals surface area (Å²) in [7, 11) is 1.83. The summed E-state index contributed by atoms with van der Waals surface area (Å²) in [6, 6.07) is 10.0. The summed E-state index contributed by atoms with van der Waals surface area (Å²) >= 11 is 3.65. The summed E-state index contributed by atoms with van der Waals surface area (Å²) in [4.78, 5) is 13.5. The largest absolute Gasteiger partial charge is 0.468 e. The van der Waals surface area contributed by atoms with Crippen LogP contribution >= 0.6 is 15.9 Å². The molecule has 1 atom stereocenters. The van der Waals surface area contributed by atoms with Gasteiger partial charge < -0.3 is 9.32 Å². The van der Waals surface area contributed by atoms with Crippen molar-refractivity contribution in [2.75, 3.05) is 11.9 Å². The Morgan fingerprint density at radius 1 is 1.32 bits per heavy atom. The van der Waals surface area contributed by atoms with Crippen molar-refractivity contribution in [3.05, 3.63) is 53.5 Å². The molecule has 0 saturated heterocycles. The van der Waals surface area contributed by atoms with Crippen LogP contribution in [-0.4, -0.2) is 13.0 Å². The highest BCUT2D eigenvalue weighted by Gasteiger charge is 2.22. The SMILES string of the molecule is CN1C(=O)CCc2cc(C(Br)c3ccco3)ccc21. The number of hydrogen-bond acceptors (Lipinski definition) is 2. The Kier molecular flexibility index (Phi) is 3.19. The van der Waals surface area contributed by atoms with Gasteiger partial charge in [0.15, 0.2) is 0 Å². The number of carbonyl (C=O) groups excluding carboxylic acids is 1. The average molecular weight is 320 g/mol. The van der Waals surface area contributed by atoms with Gasteiger partial charge in [-0.2, -0.15) is 0 Å². The Morgan fingerprint density at radius 2 is 2.16 bits per heavy atom. The zero-order valence-electron chi connectivity index (χ0n) is 10.6. The van der Waals surface area contributed by atoms with E-state index in [4.69, 9.17) is 4.42 Å². The van der Waals surface area contributed by atoms with E-state index < -0.39 is 0 Å². The molecule has 1 unspecified atom stereocenters. The van der Waals surface area contributed by atoms with E-state index in [9.17, 15) is 4.79 Å². The van der Waals surface area contributed by atoms with Gasteiger partial charge in [-0.25, -0.2) is 0 Å². The monoisotopic (exact) mass is 319 g/mol. The van der Waals surface area contributed by atoms with Crippen LogP contribution in [0.1, 0.15) is 28.1 Å². The molecule has 2 aromatic rings. The van der Waals surface area contributed by atoms with Crippen LogP contribution in [0.3, 0.4) is 0 Å². The normalized spacial score (nSPS) is 16.3. The summed E-state index contributed by atoms with van der Waals surface area (Å²) in [5, 5.41) is 0. The first-order chi connectivity index (χ1) is 9.16. The molecule has 98 valence electrons. The summed E-state index contributed by atoms with van der Waals surface area (Å²) < 4.78 is 5.42. The number of carbonyl (C=O) groups is 1. The molecule has 0 radical (unpaired) electrons. The second-order valence-electron chi connectivity index (χ2n) is 4.72. The maximum absolute atomic E-state index is 11.7. The molecule has 3 rings (SSSR count). The quantitative estimate of drug-likeness (QED) is 0.791.